The summed E-state index contributed by atoms with van der Waals surface area (Å²) in [7, 11) is 1.83. The van der Waals surface area contributed by atoms with Gasteiger partial charge in [0.15, 0.2) is 0 Å². The lowest BCUT2D eigenvalue weighted by Crippen LogP contribution is -2.08. The molecule has 0 aliphatic heterocycles. The molecule has 0 unspecified atom stereocenters. The maximum atomic E-state index is 11.7. The van der Waals surface area contributed by atoms with Gasteiger partial charge in [-0.25, -0.2) is 4.79 Å². The highest BCUT2D eigenvalue weighted by Crippen LogP contribution is 2.24. The monoisotopic (exact) mass is 219 g/mol. The molecule has 0 saturated carbocycles. The molecule has 3 heteroatoms. The van der Waals surface area contributed by atoms with Crippen LogP contribution in [0.3, 0.4) is 0 Å². The van der Waals surface area contributed by atoms with Gasteiger partial charge in [-0.05, 0) is 19.9 Å². The van der Waals surface area contributed by atoms with Gasteiger partial charge in [-0.2, -0.15) is 0 Å². The van der Waals surface area contributed by atoms with Gasteiger partial charge in [0, 0.05) is 18.3 Å². The Labute approximate surface area is 96.1 Å². The summed E-state index contributed by atoms with van der Waals surface area (Å²) in [4.78, 5) is 11.7. The number of benzene rings is 1. The minimum absolute atomic E-state index is 0.285. The van der Waals surface area contributed by atoms with E-state index in [0.717, 1.165) is 11.3 Å². The Kier molecular flexibility index (Phi) is 4.58. The van der Waals surface area contributed by atoms with Crippen molar-refractivity contribution in [1.29, 1.82) is 0 Å². The summed E-state index contributed by atoms with van der Waals surface area (Å²) in [5.41, 5.74) is 2.38. The summed E-state index contributed by atoms with van der Waals surface area (Å²) >= 11 is 0. The predicted molar refractivity (Wildman–Crippen MR) is 66.3 cm³/mol. The van der Waals surface area contributed by atoms with Gasteiger partial charge in [-0.1, -0.05) is 24.3 Å². The molecule has 1 rings (SSSR count). The summed E-state index contributed by atoms with van der Waals surface area (Å²) in [6.45, 7) is 4.02. The van der Waals surface area contributed by atoms with Crippen LogP contribution in [0.1, 0.15) is 19.4 Å². The third-order valence-corrected chi connectivity index (χ3v) is 2.27. The first-order valence-electron chi connectivity index (χ1n) is 5.35. The quantitative estimate of drug-likeness (QED) is 0.625. The number of allylic oxidation sites excluding steroid dienone is 1. The zero-order valence-electron chi connectivity index (χ0n) is 9.91. The van der Waals surface area contributed by atoms with Gasteiger partial charge in [0.05, 0.1) is 12.2 Å². The smallest absolute Gasteiger partial charge is 0.338 e. The molecule has 86 valence electrons. The lowest BCUT2D eigenvalue weighted by atomic mass is 10.0. The Morgan fingerprint density at radius 1 is 1.44 bits per heavy atom. The summed E-state index contributed by atoms with van der Waals surface area (Å²) in [6.07, 6.45) is 1.77. The van der Waals surface area contributed by atoms with E-state index in [0.29, 0.717) is 12.2 Å². The van der Waals surface area contributed by atoms with Crippen molar-refractivity contribution >= 4 is 17.2 Å². The highest BCUT2D eigenvalue weighted by atomic mass is 16.5. The molecule has 0 bridgehead atoms. The molecule has 0 heterocycles. The van der Waals surface area contributed by atoms with E-state index in [4.69, 9.17) is 4.74 Å². The minimum Gasteiger partial charge on any atom is -0.462 e. The number of ether oxygens (including phenoxy) is 1. The fourth-order valence-electron chi connectivity index (χ4n) is 1.53. The molecular formula is C13H17NO2. The molecule has 0 spiro atoms. The van der Waals surface area contributed by atoms with Crippen molar-refractivity contribution in [2.75, 3.05) is 19.0 Å². The van der Waals surface area contributed by atoms with Crippen LogP contribution in [0.4, 0.5) is 5.69 Å². The number of hydrogen-bond donors (Lipinski definition) is 1. The van der Waals surface area contributed by atoms with Gasteiger partial charge >= 0.3 is 5.97 Å². The van der Waals surface area contributed by atoms with E-state index in [9.17, 15) is 4.79 Å². The third kappa shape index (κ3) is 2.63. The fourth-order valence-corrected chi connectivity index (χ4v) is 1.53. The van der Waals surface area contributed by atoms with E-state index < -0.39 is 0 Å². The highest BCUT2D eigenvalue weighted by molar-refractivity contribution is 6.18. The molecule has 1 N–H and O–H groups in total. The van der Waals surface area contributed by atoms with Crippen LogP contribution >= 0.6 is 0 Å². The van der Waals surface area contributed by atoms with Crippen molar-refractivity contribution in [2.45, 2.75) is 13.8 Å². The summed E-state index contributed by atoms with van der Waals surface area (Å²) < 4.78 is 5.01. The SMILES string of the molecule is C/C=C(\C(=O)OCC)c1ccccc1NC. The number of para-hydroxylation sites is 1. The number of rotatable bonds is 4. The Hall–Kier alpha value is -1.77. The second kappa shape index (κ2) is 5.95. The van der Waals surface area contributed by atoms with E-state index in [2.05, 4.69) is 5.32 Å². The van der Waals surface area contributed by atoms with Crippen LogP contribution < -0.4 is 5.32 Å². The highest BCUT2D eigenvalue weighted by Gasteiger charge is 2.14. The molecule has 1 aromatic rings. The number of esters is 1. The lowest BCUT2D eigenvalue weighted by molar-refractivity contribution is -0.136. The maximum absolute atomic E-state index is 11.7. The molecule has 1 aromatic carbocycles. The molecule has 0 aliphatic rings. The standard InChI is InChI=1S/C13H17NO2/c1-4-10(13(15)16-5-2)11-8-6-7-9-12(11)14-3/h4,6-9,14H,5H2,1-3H3/b10-4-. The normalized spacial score (nSPS) is 11.1. The van der Waals surface area contributed by atoms with Crippen molar-refractivity contribution in [3.05, 3.63) is 35.9 Å². The molecule has 0 fully saturated rings. The largest absolute Gasteiger partial charge is 0.462 e. The van der Waals surface area contributed by atoms with Gasteiger partial charge in [0.2, 0.25) is 0 Å². The zero-order valence-corrected chi connectivity index (χ0v) is 9.91. The van der Waals surface area contributed by atoms with Crippen molar-refractivity contribution in [1.82, 2.24) is 0 Å². The van der Waals surface area contributed by atoms with Gasteiger partial charge in [0.1, 0.15) is 0 Å². The van der Waals surface area contributed by atoms with Crippen molar-refractivity contribution in [3.8, 4) is 0 Å². The molecule has 16 heavy (non-hydrogen) atoms. The number of nitrogens with one attached hydrogen (secondary N) is 1. The Morgan fingerprint density at radius 3 is 2.69 bits per heavy atom. The molecule has 3 nitrogen and oxygen atoms in total. The number of carbonyl (C=O) groups excluding carboxylic acids is 1. The van der Waals surface area contributed by atoms with E-state index in [1.165, 1.54) is 0 Å². The molecule has 0 atom stereocenters. The Balaban J connectivity index is 3.09. The minimum atomic E-state index is -0.285. The van der Waals surface area contributed by atoms with Crippen LogP contribution in [0, 0.1) is 0 Å². The van der Waals surface area contributed by atoms with Crippen molar-refractivity contribution in [3.63, 3.8) is 0 Å². The topological polar surface area (TPSA) is 38.3 Å². The van der Waals surface area contributed by atoms with E-state index in [1.54, 1.807) is 13.0 Å². The van der Waals surface area contributed by atoms with Gasteiger partial charge in [-0.3, -0.25) is 0 Å². The Bertz CT molecular complexity index is 397. The molecule has 0 amide bonds. The predicted octanol–water partition coefficient (Wildman–Crippen LogP) is 2.69. The van der Waals surface area contributed by atoms with Gasteiger partial charge in [0.25, 0.3) is 0 Å². The molecule has 0 aromatic heterocycles. The van der Waals surface area contributed by atoms with Gasteiger partial charge < -0.3 is 10.1 Å². The first kappa shape index (κ1) is 12.3. The van der Waals surface area contributed by atoms with E-state index >= 15 is 0 Å². The first-order chi connectivity index (χ1) is 7.74. The zero-order chi connectivity index (χ0) is 12.0. The number of carbonyl (C=O) groups is 1. The average Bonchev–Trinajstić information content (AvgIpc) is 2.31. The van der Waals surface area contributed by atoms with E-state index in [-0.39, 0.29) is 5.97 Å². The summed E-state index contributed by atoms with van der Waals surface area (Å²) in [5.74, 6) is -0.285. The van der Waals surface area contributed by atoms with Crippen LogP contribution in [-0.4, -0.2) is 19.6 Å². The van der Waals surface area contributed by atoms with Crippen LogP contribution in [0.25, 0.3) is 5.57 Å². The van der Waals surface area contributed by atoms with Crippen LogP contribution in [0.5, 0.6) is 0 Å². The second-order valence-corrected chi connectivity index (χ2v) is 3.22. The van der Waals surface area contributed by atoms with Crippen molar-refractivity contribution < 1.29 is 9.53 Å². The van der Waals surface area contributed by atoms with Crippen LogP contribution in [-0.2, 0) is 9.53 Å². The molecular weight excluding hydrogens is 202 g/mol. The fraction of sp³-hybridized carbons (Fsp3) is 0.308. The summed E-state index contributed by atoms with van der Waals surface area (Å²) in [6, 6.07) is 7.66. The van der Waals surface area contributed by atoms with Gasteiger partial charge in [-0.15, -0.1) is 0 Å². The molecule has 0 saturated heterocycles. The Morgan fingerprint density at radius 2 is 2.12 bits per heavy atom. The third-order valence-electron chi connectivity index (χ3n) is 2.27. The van der Waals surface area contributed by atoms with Crippen LogP contribution in [0.15, 0.2) is 30.3 Å². The lowest BCUT2D eigenvalue weighted by Gasteiger charge is -2.11. The maximum Gasteiger partial charge on any atom is 0.338 e. The molecule has 0 radical (unpaired) electrons. The number of hydrogen-bond acceptors (Lipinski definition) is 3. The average molecular weight is 219 g/mol. The number of anilines is 1. The van der Waals surface area contributed by atoms with Crippen LogP contribution in [0.2, 0.25) is 0 Å². The van der Waals surface area contributed by atoms with Crippen molar-refractivity contribution in [2.24, 2.45) is 0 Å². The van der Waals surface area contributed by atoms with E-state index in [1.807, 2.05) is 38.2 Å². The summed E-state index contributed by atoms with van der Waals surface area (Å²) in [5, 5.41) is 3.06. The molecule has 0 aliphatic carbocycles. The first-order valence-corrected chi connectivity index (χ1v) is 5.35. The second-order valence-electron chi connectivity index (χ2n) is 3.22.